The first-order chi connectivity index (χ1) is 9.78. The van der Waals surface area contributed by atoms with Crippen LogP contribution in [0.3, 0.4) is 0 Å². The summed E-state index contributed by atoms with van der Waals surface area (Å²) in [5.74, 6) is 1.37. The van der Waals surface area contributed by atoms with Gasteiger partial charge in [0.05, 0.1) is 0 Å². The Bertz CT molecular complexity index is 404. The zero-order chi connectivity index (χ0) is 16.0. The van der Waals surface area contributed by atoms with Crippen LogP contribution in [0.15, 0.2) is 23.8 Å². The van der Waals surface area contributed by atoms with Gasteiger partial charge in [0.1, 0.15) is 0 Å². The van der Waals surface area contributed by atoms with Gasteiger partial charge in [0, 0.05) is 13.1 Å². The van der Waals surface area contributed by atoms with Gasteiger partial charge < -0.3 is 4.90 Å². The highest BCUT2D eigenvalue weighted by atomic mass is 16.2. The molecule has 0 saturated heterocycles. The number of amides is 1. The van der Waals surface area contributed by atoms with Gasteiger partial charge in [0.2, 0.25) is 5.91 Å². The maximum atomic E-state index is 12.2. The molecule has 1 aliphatic carbocycles. The van der Waals surface area contributed by atoms with Gasteiger partial charge in [-0.2, -0.15) is 0 Å². The lowest BCUT2D eigenvalue weighted by Gasteiger charge is -2.24. The summed E-state index contributed by atoms with van der Waals surface area (Å²) in [6.45, 7) is 14.8. The monoisotopic (exact) mass is 291 g/mol. The van der Waals surface area contributed by atoms with E-state index in [2.05, 4.69) is 40.7 Å². The van der Waals surface area contributed by atoms with Crippen molar-refractivity contribution in [1.82, 2.24) is 4.90 Å². The molecule has 21 heavy (non-hydrogen) atoms. The van der Waals surface area contributed by atoms with Gasteiger partial charge in [-0.05, 0) is 63.4 Å². The largest absolute Gasteiger partial charge is 0.339 e. The van der Waals surface area contributed by atoms with Crippen molar-refractivity contribution in [3.63, 3.8) is 0 Å². The van der Waals surface area contributed by atoms with Crippen LogP contribution in [0.1, 0.15) is 60.8 Å². The summed E-state index contributed by atoms with van der Waals surface area (Å²) in [5.41, 5.74) is 1.85. The molecule has 2 heteroatoms. The molecule has 1 fully saturated rings. The van der Waals surface area contributed by atoms with E-state index in [4.69, 9.17) is 0 Å². The Morgan fingerprint density at radius 2 is 2.05 bits per heavy atom. The van der Waals surface area contributed by atoms with Crippen molar-refractivity contribution in [2.45, 2.75) is 60.8 Å². The van der Waals surface area contributed by atoms with E-state index in [0.29, 0.717) is 17.3 Å². The lowest BCUT2D eigenvalue weighted by atomic mass is 9.98. The Morgan fingerprint density at radius 1 is 1.38 bits per heavy atom. The molecule has 2 unspecified atom stereocenters. The minimum absolute atomic E-state index is 0.171. The van der Waals surface area contributed by atoms with Crippen LogP contribution in [0.5, 0.6) is 0 Å². The number of hydrogen-bond acceptors (Lipinski definition) is 1. The van der Waals surface area contributed by atoms with E-state index in [1.165, 1.54) is 24.8 Å². The zero-order valence-corrected chi connectivity index (χ0v) is 14.8. The molecule has 1 saturated carbocycles. The first-order valence-electron chi connectivity index (χ1n) is 8.33. The molecule has 1 rings (SSSR count). The molecule has 1 aliphatic rings. The van der Waals surface area contributed by atoms with Crippen LogP contribution in [0, 0.1) is 17.3 Å². The molecule has 0 aliphatic heterocycles. The summed E-state index contributed by atoms with van der Waals surface area (Å²) in [4.78, 5) is 14.2. The first kappa shape index (κ1) is 18.0. The van der Waals surface area contributed by atoms with Crippen molar-refractivity contribution < 1.29 is 4.79 Å². The number of hydrogen-bond donors (Lipinski definition) is 0. The van der Waals surface area contributed by atoms with Crippen LogP contribution < -0.4 is 0 Å². The average Bonchev–Trinajstić information content (AvgIpc) is 2.98. The number of carbonyl (C=O) groups is 1. The Hall–Kier alpha value is -1.05. The van der Waals surface area contributed by atoms with Crippen LogP contribution >= 0.6 is 0 Å². The van der Waals surface area contributed by atoms with Gasteiger partial charge in [0.15, 0.2) is 0 Å². The predicted octanol–water partition coefficient (Wildman–Crippen LogP) is 4.82. The summed E-state index contributed by atoms with van der Waals surface area (Å²) in [6.07, 6.45) is 9.55. The van der Waals surface area contributed by atoms with Crippen LogP contribution in [-0.2, 0) is 4.79 Å². The summed E-state index contributed by atoms with van der Waals surface area (Å²) in [7, 11) is 0. The molecule has 0 aromatic carbocycles. The predicted molar refractivity (Wildman–Crippen MR) is 91.1 cm³/mol. The third kappa shape index (κ3) is 6.07. The number of allylic oxidation sites excluding steroid dienone is 3. The number of nitrogens with zero attached hydrogens (tertiary/aromatic N) is 1. The van der Waals surface area contributed by atoms with Gasteiger partial charge >= 0.3 is 0 Å². The first-order valence-corrected chi connectivity index (χ1v) is 8.33. The smallest absolute Gasteiger partial charge is 0.246 e. The molecule has 2 atom stereocenters. The van der Waals surface area contributed by atoms with Crippen molar-refractivity contribution in [3.8, 4) is 0 Å². The maximum absolute atomic E-state index is 12.2. The third-order valence-corrected chi connectivity index (χ3v) is 4.45. The van der Waals surface area contributed by atoms with E-state index in [-0.39, 0.29) is 5.91 Å². The fourth-order valence-electron chi connectivity index (χ4n) is 2.99. The molecule has 1 amide bonds. The Labute approximate surface area is 131 Å². The fraction of sp³-hybridized carbons (Fsp3) is 0.737. The molecular formula is C19H33NO. The second kappa shape index (κ2) is 7.82. The van der Waals surface area contributed by atoms with E-state index in [1.54, 1.807) is 6.08 Å². The molecule has 0 aromatic heterocycles. The normalized spacial score (nSPS) is 24.4. The molecule has 0 spiro atoms. The second-order valence-electron chi connectivity index (χ2n) is 7.51. The molecule has 0 aromatic rings. The van der Waals surface area contributed by atoms with Gasteiger partial charge in [0.25, 0.3) is 0 Å². The SMILES string of the molecule is CC=CC(=O)N(CC(C)C)CC1CC1(C)CCC=C(C)C. The quantitative estimate of drug-likeness (QED) is 0.464. The lowest BCUT2D eigenvalue weighted by molar-refractivity contribution is -0.126. The summed E-state index contributed by atoms with van der Waals surface area (Å²) in [5, 5.41) is 0. The zero-order valence-electron chi connectivity index (χ0n) is 14.8. The number of rotatable bonds is 8. The van der Waals surface area contributed by atoms with Crippen LogP contribution in [0.2, 0.25) is 0 Å². The molecule has 2 nitrogen and oxygen atoms in total. The van der Waals surface area contributed by atoms with E-state index >= 15 is 0 Å². The van der Waals surface area contributed by atoms with Gasteiger partial charge in [-0.3, -0.25) is 4.79 Å². The van der Waals surface area contributed by atoms with Crippen molar-refractivity contribution in [1.29, 1.82) is 0 Å². The summed E-state index contributed by atoms with van der Waals surface area (Å²) in [6, 6.07) is 0. The van der Waals surface area contributed by atoms with Crippen LogP contribution in [-0.4, -0.2) is 23.9 Å². The Morgan fingerprint density at radius 3 is 2.57 bits per heavy atom. The van der Waals surface area contributed by atoms with E-state index in [9.17, 15) is 4.79 Å². The van der Waals surface area contributed by atoms with Crippen LogP contribution in [0.25, 0.3) is 0 Å². The molecular weight excluding hydrogens is 258 g/mol. The fourth-order valence-corrected chi connectivity index (χ4v) is 2.99. The maximum Gasteiger partial charge on any atom is 0.246 e. The lowest BCUT2D eigenvalue weighted by Crippen LogP contribution is -2.35. The molecule has 0 bridgehead atoms. The number of carbonyl (C=O) groups excluding carboxylic acids is 1. The molecule has 0 heterocycles. The van der Waals surface area contributed by atoms with Gasteiger partial charge in [-0.15, -0.1) is 0 Å². The summed E-state index contributed by atoms with van der Waals surface area (Å²) < 4.78 is 0. The molecule has 120 valence electrons. The summed E-state index contributed by atoms with van der Waals surface area (Å²) >= 11 is 0. The highest BCUT2D eigenvalue weighted by molar-refractivity contribution is 5.87. The Kier molecular flexibility index (Phi) is 6.70. The highest BCUT2D eigenvalue weighted by Gasteiger charge is 2.49. The Balaban J connectivity index is 2.53. The molecule has 0 N–H and O–H groups in total. The van der Waals surface area contributed by atoms with E-state index in [1.807, 2.05) is 17.9 Å². The van der Waals surface area contributed by atoms with E-state index in [0.717, 1.165) is 13.1 Å². The van der Waals surface area contributed by atoms with Gasteiger partial charge in [-0.25, -0.2) is 0 Å². The van der Waals surface area contributed by atoms with E-state index < -0.39 is 0 Å². The average molecular weight is 291 g/mol. The highest BCUT2D eigenvalue weighted by Crippen LogP contribution is 2.55. The van der Waals surface area contributed by atoms with Crippen molar-refractivity contribution in [3.05, 3.63) is 23.8 Å². The standard InChI is InChI=1S/C19H33NO/c1-7-9-18(21)20(13-16(4)5)14-17-12-19(17,6)11-8-10-15(2)3/h7,9-10,16-17H,8,11-14H2,1-6H3. The minimum Gasteiger partial charge on any atom is -0.339 e. The second-order valence-corrected chi connectivity index (χ2v) is 7.51. The minimum atomic E-state index is 0.171. The van der Waals surface area contributed by atoms with Crippen LogP contribution in [0.4, 0.5) is 0 Å². The molecule has 0 radical (unpaired) electrons. The van der Waals surface area contributed by atoms with Crippen molar-refractivity contribution >= 4 is 5.91 Å². The third-order valence-electron chi connectivity index (χ3n) is 4.45. The topological polar surface area (TPSA) is 20.3 Å². The van der Waals surface area contributed by atoms with Crippen molar-refractivity contribution in [2.24, 2.45) is 17.3 Å². The van der Waals surface area contributed by atoms with Gasteiger partial charge in [-0.1, -0.05) is 38.5 Å². The van der Waals surface area contributed by atoms with Crippen molar-refractivity contribution in [2.75, 3.05) is 13.1 Å².